The molecule has 8 nitrogen and oxygen atoms in total. The predicted octanol–water partition coefficient (Wildman–Crippen LogP) is -3.04. The van der Waals surface area contributed by atoms with E-state index >= 15 is 0 Å². The Hall–Kier alpha value is -0.770. The Kier molecular flexibility index (Phi) is 5.82. The largest absolute Gasteiger partial charge is 0.478 e. The first-order chi connectivity index (χ1) is 5.49. The summed E-state index contributed by atoms with van der Waals surface area (Å²) in [6.45, 7) is 0.0415. The van der Waals surface area contributed by atoms with Gasteiger partial charge < -0.3 is 31.5 Å². The Labute approximate surface area is 79.6 Å². The fourth-order valence-corrected chi connectivity index (χ4v) is 1.23. The molecule has 1 saturated heterocycles. The van der Waals surface area contributed by atoms with Crippen LogP contribution in [0, 0.1) is 0 Å². The van der Waals surface area contributed by atoms with Crippen LogP contribution in [0.5, 0.6) is 0 Å². The summed E-state index contributed by atoms with van der Waals surface area (Å²) < 4.78 is 0. The molecule has 0 radical (unpaired) electrons. The molecule has 1 rings (SSSR count). The lowest BCUT2D eigenvalue weighted by Gasteiger charge is -2.38. The number of aliphatic carboxylic acids is 1. The van der Waals surface area contributed by atoms with Crippen molar-refractivity contribution in [3.63, 3.8) is 0 Å². The topological polar surface area (TPSA) is 164 Å². The fraction of sp³-hybridized carbons (Fsp3) is 0.833. The Morgan fingerprint density at radius 3 is 2.21 bits per heavy atom. The van der Waals surface area contributed by atoms with Crippen molar-refractivity contribution in [2.45, 2.75) is 24.7 Å². The maximum absolute atomic E-state index is 10.5. The summed E-state index contributed by atoms with van der Waals surface area (Å²) in [6, 6.07) is 0. The van der Waals surface area contributed by atoms with Gasteiger partial charge in [-0.15, -0.1) is 5.06 Å². The van der Waals surface area contributed by atoms with Crippen LogP contribution >= 0.6 is 0 Å². The summed E-state index contributed by atoms with van der Waals surface area (Å²) in [5.74, 6) is -1.64. The van der Waals surface area contributed by atoms with Crippen LogP contribution in [0.4, 0.5) is 0 Å². The highest BCUT2D eigenvalue weighted by molar-refractivity contribution is 5.77. The van der Waals surface area contributed by atoms with E-state index < -0.39 is 17.8 Å². The van der Waals surface area contributed by atoms with Gasteiger partial charge in [0, 0.05) is 6.54 Å². The molecule has 1 heterocycles. The zero-order valence-electron chi connectivity index (χ0n) is 7.34. The normalized spacial score (nSPS) is 32.6. The van der Waals surface area contributed by atoms with E-state index in [1.54, 1.807) is 0 Å². The first-order valence-corrected chi connectivity index (χ1v) is 3.60. The smallest absolute Gasteiger partial charge is 0.356 e. The van der Waals surface area contributed by atoms with Crippen molar-refractivity contribution in [3.05, 3.63) is 0 Å². The highest BCUT2D eigenvalue weighted by Gasteiger charge is 2.51. The quantitative estimate of drug-likeness (QED) is 0.361. The van der Waals surface area contributed by atoms with Crippen LogP contribution in [0.3, 0.4) is 0 Å². The van der Waals surface area contributed by atoms with Gasteiger partial charge in [-0.1, -0.05) is 0 Å². The van der Waals surface area contributed by atoms with Crippen molar-refractivity contribution in [2.75, 3.05) is 6.54 Å². The van der Waals surface area contributed by atoms with Crippen LogP contribution in [0.2, 0.25) is 0 Å². The molecule has 0 aromatic carbocycles. The van der Waals surface area contributed by atoms with E-state index in [0.29, 0.717) is 6.42 Å². The van der Waals surface area contributed by atoms with Crippen LogP contribution in [0.25, 0.3) is 0 Å². The molecule has 1 aliphatic heterocycles. The lowest BCUT2D eigenvalue weighted by Crippen LogP contribution is -2.63. The standard InChI is InChI=1S/C6H11NO5.2H2O/c8-4-2-1-3-7(12)6(4,11)5(9)10;;/h4,8,11-12H,1-3H2,(H,9,10);2*1H2. The molecule has 86 valence electrons. The minimum absolute atomic E-state index is 0. The molecule has 0 aliphatic carbocycles. The van der Waals surface area contributed by atoms with E-state index in [0.717, 1.165) is 0 Å². The van der Waals surface area contributed by atoms with Gasteiger partial charge >= 0.3 is 5.97 Å². The second-order valence-corrected chi connectivity index (χ2v) is 2.81. The number of carboxylic acid groups (broad SMARTS) is 1. The molecule has 0 spiro atoms. The molecule has 14 heavy (non-hydrogen) atoms. The fourth-order valence-electron chi connectivity index (χ4n) is 1.23. The monoisotopic (exact) mass is 213 g/mol. The number of hydroxylamine groups is 2. The Balaban J connectivity index is 0. The Morgan fingerprint density at radius 2 is 1.93 bits per heavy atom. The first-order valence-electron chi connectivity index (χ1n) is 3.60. The minimum Gasteiger partial charge on any atom is -0.478 e. The zero-order valence-corrected chi connectivity index (χ0v) is 7.34. The van der Waals surface area contributed by atoms with Crippen LogP contribution in [-0.2, 0) is 4.79 Å². The molecule has 2 unspecified atom stereocenters. The first kappa shape index (κ1) is 15.7. The van der Waals surface area contributed by atoms with Gasteiger partial charge in [-0.2, -0.15) is 0 Å². The lowest BCUT2D eigenvalue weighted by molar-refractivity contribution is -0.303. The highest BCUT2D eigenvalue weighted by Crippen LogP contribution is 2.24. The molecule has 8 heteroatoms. The highest BCUT2D eigenvalue weighted by atomic mass is 16.6. The molecule has 1 aliphatic rings. The third-order valence-electron chi connectivity index (χ3n) is 2.02. The van der Waals surface area contributed by atoms with Crippen molar-refractivity contribution < 1.29 is 36.3 Å². The summed E-state index contributed by atoms with van der Waals surface area (Å²) in [6.07, 6.45) is -0.832. The van der Waals surface area contributed by atoms with E-state index in [-0.39, 0.29) is 29.0 Å². The molecule has 8 N–H and O–H groups in total. The second-order valence-electron chi connectivity index (χ2n) is 2.81. The van der Waals surface area contributed by atoms with E-state index in [2.05, 4.69) is 0 Å². The second kappa shape index (κ2) is 5.20. The SMILES string of the molecule is O.O.O=C(O)C1(O)C(O)CCCN1O. The van der Waals surface area contributed by atoms with Crippen LogP contribution in [0.15, 0.2) is 0 Å². The van der Waals surface area contributed by atoms with Crippen LogP contribution in [-0.4, -0.2) is 60.9 Å². The van der Waals surface area contributed by atoms with Crippen LogP contribution < -0.4 is 0 Å². The van der Waals surface area contributed by atoms with E-state index in [1.807, 2.05) is 0 Å². The molecule has 0 aromatic heterocycles. The van der Waals surface area contributed by atoms with Crippen molar-refractivity contribution in [1.82, 2.24) is 5.06 Å². The average molecular weight is 213 g/mol. The number of aliphatic hydroxyl groups is 2. The number of carboxylic acids is 1. The van der Waals surface area contributed by atoms with Gasteiger partial charge in [0.15, 0.2) is 0 Å². The molecule has 0 amide bonds. The number of aliphatic hydroxyl groups excluding tert-OH is 1. The van der Waals surface area contributed by atoms with Crippen molar-refractivity contribution in [1.29, 1.82) is 0 Å². The van der Waals surface area contributed by atoms with E-state index in [4.69, 9.17) is 15.4 Å². The molecule has 0 saturated carbocycles. The summed E-state index contributed by atoms with van der Waals surface area (Å²) in [7, 11) is 0. The van der Waals surface area contributed by atoms with Crippen molar-refractivity contribution in [3.8, 4) is 0 Å². The third-order valence-corrected chi connectivity index (χ3v) is 2.02. The Morgan fingerprint density at radius 1 is 1.43 bits per heavy atom. The molecule has 0 aromatic rings. The molecule has 2 atom stereocenters. The third kappa shape index (κ3) is 2.18. The number of piperidine rings is 1. The van der Waals surface area contributed by atoms with Gasteiger partial charge in [-0.25, -0.2) is 4.79 Å². The van der Waals surface area contributed by atoms with Gasteiger partial charge in [0.05, 0.1) is 0 Å². The summed E-state index contributed by atoms with van der Waals surface area (Å²) >= 11 is 0. The minimum atomic E-state index is -2.54. The molecular weight excluding hydrogens is 198 g/mol. The van der Waals surface area contributed by atoms with E-state index in [1.165, 1.54) is 0 Å². The van der Waals surface area contributed by atoms with Gasteiger partial charge in [0.1, 0.15) is 6.10 Å². The van der Waals surface area contributed by atoms with Crippen LogP contribution in [0.1, 0.15) is 12.8 Å². The molecular formula is C6H15NO7. The number of carbonyl (C=O) groups is 1. The number of rotatable bonds is 1. The zero-order chi connectivity index (χ0) is 9.35. The maximum atomic E-state index is 10.5. The van der Waals surface area contributed by atoms with E-state index in [9.17, 15) is 9.90 Å². The average Bonchev–Trinajstić information content (AvgIpc) is 1.99. The van der Waals surface area contributed by atoms with Gasteiger partial charge in [0.2, 0.25) is 0 Å². The van der Waals surface area contributed by atoms with Gasteiger partial charge in [-0.05, 0) is 12.8 Å². The number of hydrogen-bond acceptors (Lipinski definition) is 5. The molecule has 1 fully saturated rings. The van der Waals surface area contributed by atoms with Gasteiger partial charge in [0.25, 0.3) is 5.72 Å². The van der Waals surface area contributed by atoms with Gasteiger partial charge in [-0.3, -0.25) is 0 Å². The summed E-state index contributed by atoms with van der Waals surface area (Å²) in [5, 5.41) is 36.2. The maximum Gasteiger partial charge on any atom is 0.356 e. The summed E-state index contributed by atoms with van der Waals surface area (Å²) in [4.78, 5) is 10.5. The van der Waals surface area contributed by atoms with Crippen molar-refractivity contribution >= 4 is 5.97 Å². The van der Waals surface area contributed by atoms with Crippen molar-refractivity contribution in [2.24, 2.45) is 0 Å². The Bertz CT molecular complexity index is 187. The predicted molar refractivity (Wildman–Crippen MR) is 43.5 cm³/mol. The lowest BCUT2D eigenvalue weighted by atomic mass is 9.97. The summed E-state index contributed by atoms with van der Waals surface area (Å²) in [5.41, 5.74) is -2.54. The number of nitrogens with zero attached hydrogens (tertiary/aromatic N) is 1. The number of hydrogen-bond donors (Lipinski definition) is 4. The molecule has 0 bridgehead atoms.